The maximum absolute atomic E-state index is 5.09. The van der Waals surface area contributed by atoms with Crippen molar-refractivity contribution in [1.29, 1.82) is 0 Å². The van der Waals surface area contributed by atoms with Crippen molar-refractivity contribution in [3.05, 3.63) is 178 Å². The topological polar surface area (TPSA) is 0 Å². The van der Waals surface area contributed by atoms with Gasteiger partial charge in [0.15, 0.2) is 0 Å². The van der Waals surface area contributed by atoms with Crippen molar-refractivity contribution in [3.63, 3.8) is 0 Å². The molecule has 0 heterocycles. The molecule has 0 spiro atoms. The van der Waals surface area contributed by atoms with Crippen LogP contribution in [0.5, 0.6) is 0 Å². The Morgan fingerprint density at radius 1 is 0.431 bits per heavy atom. The third-order valence-corrected chi connectivity index (χ3v) is 16.5. The second kappa shape index (κ2) is 18.2. The zero-order valence-electron chi connectivity index (χ0n) is 33.4. The third kappa shape index (κ3) is 8.50. The SMILES string of the molecule is CC(c1ccc(C2CCC(Sc3cc(S)ccc3C(C)(c3ccc(C4CCCCC4)cc3)c3ccc(S)cc3S)CC2)cc1)(c1ccccc1S)c1ccccc1S. The van der Waals surface area contributed by atoms with Gasteiger partial charge in [0.25, 0.3) is 0 Å². The third-order valence-electron chi connectivity index (χ3n) is 13.4. The molecule has 2 saturated carbocycles. The van der Waals surface area contributed by atoms with Crippen molar-refractivity contribution in [2.45, 2.75) is 129 Å². The lowest BCUT2D eigenvalue weighted by molar-refractivity contribution is 0.443. The summed E-state index contributed by atoms with van der Waals surface area (Å²) in [5, 5.41) is 0.527. The van der Waals surface area contributed by atoms with Gasteiger partial charge < -0.3 is 0 Å². The minimum Gasteiger partial charge on any atom is -0.143 e. The van der Waals surface area contributed by atoms with Gasteiger partial charge >= 0.3 is 0 Å². The van der Waals surface area contributed by atoms with Crippen molar-refractivity contribution >= 4 is 74.9 Å². The van der Waals surface area contributed by atoms with Crippen molar-refractivity contribution < 1.29 is 0 Å². The van der Waals surface area contributed by atoms with Gasteiger partial charge in [-0.05, 0) is 145 Å². The highest BCUT2D eigenvalue weighted by Gasteiger charge is 2.37. The molecule has 2 fully saturated rings. The fourth-order valence-corrected chi connectivity index (χ4v) is 13.2. The van der Waals surface area contributed by atoms with Crippen molar-refractivity contribution in [2.24, 2.45) is 0 Å². The highest BCUT2D eigenvalue weighted by molar-refractivity contribution is 8.00. The zero-order chi connectivity index (χ0) is 40.4. The molecule has 0 bridgehead atoms. The summed E-state index contributed by atoms with van der Waals surface area (Å²) in [6.45, 7) is 4.70. The van der Waals surface area contributed by atoms with Crippen LogP contribution in [0.3, 0.4) is 0 Å². The normalized spacial score (nSPS) is 18.8. The monoisotopic (exact) mass is 870 g/mol. The molecular weight excluding hydrogens is 817 g/mol. The highest BCUT2D eigenvalue weighted by atomic mass is 32.2. The molecule has 1 unspecified atom stereocenters. The Morgan fingerprint density at radius 2 is 0.879 bits per heavy atom. The Morgan fingerprint density at radius 3 is 1.40 bits per heavy atom. The summed E-state index contributed by atoms with van der Waals surface area (Å²) in [5.41, 5.74) is 9.54. The quantitative estimate of drug-likeness (QED) is 0.0675. The molecule has 0 saturated heterocycles. The average molecular weight is 871 g/mol. The first-order valence-corrected chi connectivity index (χ1v) is 24.0. The minimum absolute atomic E-state index is 0.392. The molecule has 2 aliphatic rings. The van der Waals surface area contributed by atoms with E-state index < -0.39 is 10.8 Å². The average Bonchev–Trinajstić information content (AvgIpc) is 3.24. The maximum atomic E-state index is 5.09. The van der Waals surface area contributed by atoms with Crippen LogP contribution in [-0.2, 0) is 10.8 Å². The van der Waals surface area contributed by atoms with Crippen LogP contribution in [0.2, 0.25) is 0 Å². The lowest BCUT2D eigenvalue weighted by atomic mass is 9.70. The van der Waals surface area contributed by atoms with E-state index >= 15 is 0 Å². The van der Waals surface area contributed by atoms with E-state index in [2.05, 4.69) is 172 Å². The zero-order valence-corrected chi connectivity index (χ0v) is 38.7. The Hall–Kier alpha value is -2.58. The van der Waals surface area contributed by atoms with Crippen LogP contribution < -0.4 is 0 Å². The smallest absolute Gasteiger partial charge is 0.0445 e. The predicted octanol–water partition coefficient (Wildman–Crippen LogP) is 15.7. The van der Waals surface area contributed by atoms with Crippen LogP contribution in [0.15, 0.2) is 163 Å². The van der Waals surface area contributed by atoms with E-state index in [-0.39, 0.29) is 0 Å². The second-order valence-electron chi connectivity index (χ2n) is 16.8. The molecule has 0 aromatic heterocycles. The molecule has 58 heavy (non-hydrogen) atoms. The number of thiol groups is 5. The lowest BCUT2D eigenvalue weighted by Crippen LogP contribution is -2.27. The molecule has 0 N–H and O–H groups in total. The lowest BCUT2D eigenvalue weighted by Gasteiger charge is -2.36. The number of hydrogen-bond acceptors (Lipinski definition) is 6. The van der Waals surface area contributed by atoms with Crippen LogP contribution >= 0.6 is 74.9 Å². The second-order valence-corrected chi connectivity index (χ2v) is 20.7. The Bertz CT molecular complexity index is 2310. The highest BCUT2D eigenvalue weighted by Crippen LogP contribution is 2.50. The van der Waals surface area contributed by atoms with E-state index in [4.69, 9.17) is 50.5 Å². The minimum atomic E-state index is -0.415. The Kier molecular flexibility index (Phi) is 13.2. The van der Waals surface area contributed by atoms with E-state index in [1.54, 1.807) is 0 Å². The summed E-state index contributed by atoms with van der Waals surface area (Å²) < 4.78 is 0. The van der Waals surface area contributed by atoms with E-state index in [0.717, 1.165) is 24.5 Å². The van der Waals surface area contributed by atoms with Gasteiger partial charge in [-0.1, -0.05) is 116 Å². The summed E-state index contributed by atoms with van der Waals surface area (Å²) in [5.74, 6) is 1.22. The Labute approximate surface area is 378 Å². The van der Waals surface area contributed by atoms with Crippen molar-refractivity contribution in [3.8, 4) is 0 Å². The molecule has 6 heteroatoms. The largest absolute Gasteiger partial charge is 0.143 e. The van der Waals surface area contributed by atoms with Gasteiger partial charge in [-0.3, -0.25) is 0 Å². The molecule has 6 aromatic carbocycles. The molecule has 1 atom stereocenters. The van der Waals surface area contributed by atoms with E-state index in [9.17, 15) is 0 Å². The number of hydrogen-bond donors (Lipinski definition) is 5. The first kappa shape index (κ1) is 42.1. The van der Waals surface area contributed by atoms with Gasteiger partial charge in [-0.25, -0.2) is 0 Å². The van der Waals surface area contributed by atoms with Gasteiger partial charge in [0.05, 0.1) is 0 Å². The number of thioether (sulfide) groups is 1. The summed E-state index contributed by atoms with van der Waals surface area (Å²) >= 11 is 26.6. The summed E-state index contributed by atoms with van der Waals surface area (Å²) in [6.07, 6.45) is 11.3. The van der Waals surface area contributed by atoms with Gasteiger partial charge in [0.1, 0.15) is 0 Å². The number of rotatable bonds is 10. The molecule has 8 rings (SSSR count). The van der Waals surface area contributed by atoms with Crippen molar-refractivity contribution in [1.82, 2.24) is 0 Å². The summed E-state index contributed by atoms with van der Waals surface area (Å²) in [7, 11) is 0. The molecule has 0 nitrogen and oxygen atoms in total. The predicted molar refractivity (Wildman–Crippen MR) is 263 cm³/mol. The van der Waals surface area contributed by atoms with Gasteiger partial charge in [0.2, 0.25) is 0 Å². The van der Waals surface area contributed by atoms with Gasteiger partial charge in [-0.15, -0.1) is 74.9 Å². The molecule has 0 aliphatic heterocycles. The first-order valence-electron chi connectivity index (χ1n) is 20.9. The van der Waals surface area contributed by atoms with Crippen LogP contribution in [0, 0.1) is 0 Å². The van der Waals surface area contributed by atoms with Crippen LogP contribution in [0.4, 0.5) is 0 Å². The van der Waals surface area contributed by atoms with Gasteiger partial charge in [0, 0.05) is 45.5 Å². The van der Waals surface area contributed by atoms with E-state index in [1.165, 1.54) is 107 Å². The molecule has 6 aromatic rings. The summed E-state index contributed by atoms with van der Waals surface area (Å²) in [6, 6.07) is 49.2. The van der Waals surface area contributed by atoms with Gasteiger partial charge in [-0.2, -0.15) is 0 Å². The molecular formula is C52H54S6. The maximum Gasteiger partial charge on any atom is 0.0445 e. The van der Waals surface area contributed by atoms with Crippen LogP contribution in [-0.4, -0.2) is 5.25 Å². The fourth-order valence-electron chi connectivity index (χ4n) is 9.98. The first-order chi connectivity index (χ1) is 28.0. The Balaban J connectivity index is 1.05. The summed E-state index contributed by atoms with van der Waals surface area (Å²) in [4.78, 5) is 6.18. The van der Waals surface area contributed by atoms with Crippen molar-refractivity contribution in [2.75, 3.05) is 0 Å². The fraction of sp³-hybridized carbons (Fsp3) is 0.308. The number of benzene rings is 6. The molecule has 298 valence electrons. The molecule has 0 radical (unpaired) electrons. The van der Waals surface area contributed by atoms with Crippen LogP contribution in [0.1, 0.15) is 128 Å². The van der Waals surface area contributed by atoms with E-state index in [0.29, 0.717) is 17.1 Å². The molecule has 2 aliphatic carbocycles. The van der Waals surface area contributed by atoms with Crippen LogP contribution in [0.25, 0.3) is 0 Å². The standard InChI is InChI=1S/C52H54S6/c1-51(43-12-6-8-14-47(43)55,44-13-7-9-15-48(44)56)38-22-18-36(19-23-38)37-20-28-42(29-21-37)58-50-33-41(54)27-31-46(50)52(2,45-30-26-40(53)32-49(45)57)39-24-16-35(17-25-39)34-10-4-3-5-11-34/h6-9,12-19,22-27,30-34,37,42,53-57H,3-5,10-11,20-21,28-29H2,1-2H3. The van der Waals surface area contributed by atoms with E-state index in [1.807, 2.05) is 0 Å². The molecule has 0 amide bonds.